The Morgan fingerprint density at radius 3 is 2.38 bits per heavy atom. The van der Waals surface area contributed by atoms with E-state index in [9.17, 15) is 0 Å². The SMILES string of the molecule is OCCCON(O)O. The van der Waals surface area contributed by atoms with Gasteiger partial charge in [0, 0.05) is 6.61 Å². The highest BCUT2D eigenvalue weighted by Gasteiger charge is 1.90. The molecule has 0 aliphatic carbocycles. The van der Waals surface area contributed by atoms with Gasteiger partial charge in [-0.1, -0.05) is 0 Å². The molecule has 0 unspecified atom stereocenters. The molecule has 0 aliphatic heterocycles. The number of aliphatic hydroxyl groups is 1. The zero-order valence-electron chi connectivity index (χ0n) is 4.32. The molecular weight excluding hydrogens is 114 g/mol. The first-order valence-corrected chi connectivity index (χ1v) is 2.19. The van der Waals surface area contributed by atoms with Gasteiger partial charge in [-0.3, -0.25) is 15.3 Å². The molecule has 0 saturated heterocycles. The van der Waals surface area contributed by atoms with Gasteiger partial charge in [-0.25, -0.2) is 0 Å². The smallest absolute Gasteiger partial charge is 0.0758 e. The molecule has 50 valence electrons. The lowest BCUT2D eigenvalue weighted by atomic mass is 10.5. The van der Waals surface area contributed by atoms with E-state index < -0.39 is 0 Å². The quantitative estimate of drug-likeness (QED) is 0.343. The minimum Gasteiger partial charge on any atom is -0.396 e. The zero-order valence-corrected chi connectivity index (χ0v) is 4.32. The van der Waals surface area contributed by atoms with Crippen molar-refractivity contribution in [1.29, 1.82) is 0 Å². The molecule has 8 heavy (non-hydrogen) atoms. The van der Waals surface area contributed by atoms with Crippen LogP contribution in [0.2, 0.25) is 0 Å². The number of hydrogen-bond donors (Lipinski definition) is 3. The van der Waals surface area contributed by atoms with Crippen molar-refractivity contribution in [1.82, 2.24) is 5.39 Å². The van der Waals surface area contributed by atoms with Crippen molar-refractivity contribution in [3.8, 4) is 0 Å². The summed E-state index contributed by atoms with van der Waals surface area (Å²) in [6.45, 7) is 0.0807. The molecule has 0 radical (unpaired) electrons. The summed E-state index contributed by atoms with van der Waals surface area (Å²) in [5, 5.41) is 23.5. The van der Waals surface area contributed by atoms with Crippen LogP contribution in [-0.2, 0) is 4.84 Å². The molecule has 5 heteroatoms. The molecule has 0 heterocycles. The van der Waals surface area contributed by atoms with Gasteiger partial charge in [0.15, 0.2) is 0 Å². The molecule has 0 atom stereocenters. The fraction of sp³-hybridized carbons (Fsp3) is 1.00. The van der Waals surface area contributed by atoms with Gasteiger partial charge in [0.2, 0.25) is 0 Å². The molecule has 0 aliphatic rings. The first kappa shape index (κ1) is 7.80. The van der Waals surface area contributed by atoms with Crippen molar-refractivity contribution < 1.29 is 20.4 Å². The largest absolute Gasteiger partial charge is 0.396 e. The van der Waals surface area contributed by atoms with Crippen LogP contribution in [0.25, 0.3) is 0 Å². The lowest BCUT2D eigenvalue weighted by Crippen LogP contribution is -2.15. The van der Waals surface area contributed by atoms with E-state index in [2.05, 4.69) is 4.84 Å². The summed E-state index contributed by atoms with van der Waals surface area (Å²) in [4.78, 5) is 4.07. The summed E-state index contributed by atoms with van der Waals surface area (Å²) in [6, 6.07) is 0. The molecule has 0 bridgehead atoms. The Morgan fingerprint density at radius 2 is 2.00 bits per heavy atom. The van der Waals surface area contributed by atoms with Gasteiger partial charge in [-0.05, 0) is 6.42 Å². The minimum absolute atomic E-state index is 0.0200. The van der Waals surface area contributed by atoms with E-state index in [0.29, 0.717) is 6.42 Å². The molecule has 0 rings (SSSR count). The van der Waals surface area contributed by atoms with E-state index in [-0.39, 0.29) is 18.6 Å². The average Bonchev–Trinajstić information content (AvgIpc) is 1.66. The third-order valence-corrected chi connectivity index (χ3v) is 0.509. The normalized spacial score (nSPS) is 10.5. The number of hydrogen-bond acceptors (Lipinski definition) is 5. The molecule has 3 N–H and O–H groups in total. The van der Waals surface area contributed by atoms with E-state index in [1.54, 1.807) is 0 Å². The van der Waals surface area contributed by atoms with Gasteiger partial charge in [0.05, 0.1) is 12.0 Å². The average molecular weight is 123 g/mol. The Balaban J connectivity index is 2.72. The maximum absolute atomic E-state index is 8.12. The van der Waals surface area contributed by atoms with Crippen molar-refractivity contribution in [2.24, 2.45) is 0 Å². The maximum Gasteiger partial charge on any atom is 0.0758 e. The van der Waals surface area contributed by atoms with Gasteiger partial charge < -0.3 is 5.11 Å². The predicted octanol–water partition coefficient (Wildman–Crippen LogP) is -0.619. The van der Waals surface area contributed by atoms with Gasteiger partial charge in [0.1, 0.15) is 0 Å². The van der Waals surface area contributed by atoms with Crippen LogP contribution in [0.4, 0.5) is 0 Å². The van der Waals surface area contributed by atoms with Crippen LogP contribution in [0.3, 0.4) is 0 Å². The summed E-state index contributed by atoms with van der Waals surface area (Å²) >= 11 is 0. The van der Waals surface area contributed by atoms with Crippen LogP contribution in [0.15, 0.2) is 0 Å². The Bertz CT molecular complexity index is 48.5. The monoisotopic (exact) mass is 123 g/mol. The molecule has 0 saturated carbocycles. The fourth-order valence-electron chi connectivity index (χ4n) is 0.211. The van der Waals surface area contributed by atoms with E-state index in [1.807, 2.05) is 0 Å². The van der Waals surface area contributed by atoms with Gasteiger partial charge >= 0.3 is 0 Å². The minimum atomic E-state index is -0.379. The van der Waals surface area contributed by atoms with E-state index in [1.165, 1.54) is 0 Å². The van der Waals surface area contributed by atoms with Crippen molar-refractivity contribution in [2.45, 2.75) is 6.42 Å². The molecule has 0 spiro atoms. The van der Waals surface area contributed by atoms with Crippen LogP contribution in [0.5, 0.6) is 0 Å². The zero-order chi connectivity index (χ0) is 6.41. The third kappa shape index (κ3) is 5.80. The second-order valence-corrected chi connectivity index (χ2v) is 1.16. The molecule has 0 aromatic heterocycles. The summed E-state index contributed by atoms with van der Waals surface area (Å²) in [7, 11) is 0. The maximum atomic E-state index is 8.12. The van der Waals surface area contributed by atoms with Crippen LogP contribution in [0.1, 0.15) is 6.42 Å². The van der Waals surface area contributed by atoms with Crippen molar-refractivity contribution in [2.75, 3.05) is 13.2 Å². The predicted molar refractivity (Wildman–Crippen MR) is 23.1 cm³/mol. The number of rotatable bonds is 4. The molecule has 0 aromatic rings. The highest BCUT2D eigenvalue weighted by molar-refractivity contribution is 4.24. The van der Waals surface area contributed by atoms with E-state index in [4.69, 9.17) is 15.5 Å². The van der Waals surface area contributed by atoms with Crippen molar-refractivity contribution in [3.63, 3.8) is 0 Å². The fourth-order valence-corrected chi connectivity index (χ4v) is 0.211. The first-order valence-electron chi connectivity index (χ1n) is 2.19. The van der Waals surface area contributed by atoms with Gasteiger partial charge in [-0.15, -0.1) is 0 Å². The summed E-state index contributed by atoms with van der Waals surface area (Å²) in [5.41, 5.74) is 0. The standard InChI is InChI=1S/C3H9NO4/c5-2-1-3-8-4(6)7/h5-7H,1-3H2. The van der Waals surface area contributed by atoms with E-state index >= 15 is 0 Å². The van der Waals surface area contributed by atoms with Gasteiger partial charge in [-0.2, -0.15) is 0 Å². The van der Waals surface area contributed by atoms with Gasteiger partial charge in [0.25, 0.3) is 0 Å². The van der Waals surface area contributed by atoms with Crippen molar-refractivity contribution >= 4 is 0 Å². The Hall–Kier alpha value is -0.200. The highest BCUT2D eigenvalue weighted by Crippen LogP contribution is 1.80. The summed E-state index contributed by atoms with van der Waals surface area (Å²) < 4.78 is 0. The Labute approximate surface area is 46.6 Å². The summed E-state index contributed by atoms with van der Waals surface area (Å²) in [5.74, 6) is 0. The molecular formula is C3H9NO4. The number of aliphatic hydroxyl groups excluding tert-OH is 1. The third-order valence-electron chi connectivity index (χ3n) is 0.509. The highest BCUT2D eigenvalue weighted by atomic mass is 17.1. The molecule has 0 aromatic carbocycles. The van der Waals surface area contributed by atoms with Crippen LogP contribution >= 0.6 is 0 Å². The lowest BCUT2D eigenvalue weighted by molar-refractivity contribution is -0.492. The molecule has 0 fully saturated rings. The molecule has 5 nitrogen and oxygen atoms in total. The van der Waals surface area contributed by atoms with Crippen LogP contribution in [0, 0.1) is 0 Å². The lowest BCUT2D eigenvalue weighted by Gasteiger charge is -2.03. The first-order chi connectivity index (χ1) is 3.77. The topological polar surface area (TPSA) is 73.2 Å². The van der Waals surface area contributed by atoms with Crippen LogP contribution < -0.4 is 0 Å². The second kappa shape index (κ2) is 4.95. The Kier molecular flexibility index (Phi) is 4.82. The molecule has 0 amide bonds. The summed E-state index contributed by atoms with van der Waals surface area (Å²) in [6.07, 6.45) is 0.387. The van der Waals surface area contributed by atoms with E-state index in [0.717, 1.165) is 0 Å². The number of nitrogens with zero attached hydrogens (tertiary/aromatic N) is 1. The second-order valence-electron chi connectivity index (χ2n) is 1.16. The van der Waals surface area contributed by atoms with Crippen molar-refractivity contribution in [3.05, 3.63) is 0 Å². The van der Waals surface area contributed by atoms with Crippen LogP contribution in [-0.4, -0.2) is 34.1 Å². The Morgan fingerprint density at radius 1 is 1.38 bits per heavy atom.